The Bertz CT molecular complexity index is 1070. The van der Waals surface area contributed by atoms with Crippen LogP contribution in [0.5, 0.6) is 0 Å². The highest BCUT2D eigenvalue weighted by molar-refractivity contribution is 5.92. The number of rotatable bonds is 6. The Kier molecular flexibility index (Phi) is 5.93. The van der Waals surface area contributed by atoms with Crippen LogP contribution in [0.3, 0.4) is 0 Å². The van der Waals surface area contributed by atoms with Crippen molar-refractivity contribution in [2.24, 2.45) is 0 Å². The number of imidazole rings is 1. The van der Waals surface area contributed by atoms with Gasteiger partial charge in [-0.2, -0.15) is 0 Å². The molecule has 1 aliphatic rings. The summed E-state index contributed by atoms with van der Waals surface area (Å²) in [7, 11) is 0. The highest BCUT2D eigenvalue weighted by Gasteiger charge is 2.26. The van der Waals surface area contributed by atoms with Crippen molar-refractivity contribution < 1.29 is 9.59 Å². The van der Waals surface area contributed by atoms with Crippen molar-refractivity contribution in [3.8, 4) is 0 Å². The van der Waals surface area contributed by atoms with Gasteiger partial charge in [0.15, 0.2) is 0 Å². The lowest BCUT2D eigenvalue weighted by Gasteiger charge is -2.14. The van der Waals surface area contributed by atoms with Gasteiger partial charge in [-0.1, -0.05) is 36.4 Å². The van der Waals surface area contributed by atoms with Gasteiger partial charge in [-0.15, -0.1) is 0 Å². The third-order valence-corrected chi connectivity index (χ3v) is 5.40. The SMILES string of the molecule is Cc1nc2ccc(CC(=O)N[C@H]3CC[C@@H](NC(=O)/C=C/c4ccccc4)C3)cc2[nH]1. The van der Waals surface area contributed by atoms with E-state index in [0.717, 1.165) is 47.2 Å². The Morgan fingerprint density at radius 2 is 1.87 bits per heavy atom. The van der Waals surface area contributed by atoms with Gasteiger partial charge < -0.3 is 15.6 Å². The Labute approximate surface area is 175 Å². The van der Waals surface area contributed by atoms with Crippen molar-refractivity contribution in [1.29, 1.82) is 0 Å². The summed E-state index contributed by atoms with van der Waals surface area (Å²) in [5, 5.41) is 6.14. The molecule has 2 amide bonds. The van der Waals surface area contributed by atoms with Crippen LogP contribution in [0.2, 0.25) is 0 Å². The van der Waals surface area contributed by atoms with Crippen molar-refractivity contribution >= 4 is 28.9 Å². The molecule has 30 heavy (non-hydrogen) atoms. The number of hydrogen-bond acceptors (Lipinski definition) is 3. The Morgan fingerprint density at radius 3 is 2.67 bits per heavy atom. The number of amides is 2. The van der Waals surface area contributed by atoms with Gasteiger partial charge in [-0.3, -0.25) is 9.59 Å². The first-order valence-electron chi connectivity index (χ1n) is 10.3. The molecule has 6 heteroatoms. The van der Waals surface area contributed by atoms with E-state index in [2.05, 4.69) is 20.6 Å². The van der Waals surface area contributed by atoms with E-state index in [1.807, 2.05) is 61.5 Å². The smallest absolute Gasteiger partial charge is 0.244 e. The molecule has 1 aromatic heterocycles. The van der Waals surface area contributed by atoms with Crippen LogP contribution in [-0.2, 0) is 16.0 Å². The molecule has 2 atom stereocenters. The van der Waals surface area contributed by atoms with Crippen molar-refractivity contribution in [3.05, 3.63) is 71.6 Å². The molecule has 6 nitrogen and oxygen atoms in total. The van der Waals surface area contributed by atoms with Gasteiger partial charge in [0, 0.05) is 18.2 Å². The highest BCUT2D eigenvalue weighted by Crippen LogP contribution is 2.20. The molecule has 0 aliphatic heterocycles. The first-order chi connectivity index (χ1) is 14.5. The number of aromatic amines is 1. The van der Waals surface area contributed by atoms with Crippen LogP contribution in [0.25, 0.3) is 17.1 Å². The van der Waals surface area contributed by atoms with Gasteiger partial charge in [0.1, 0.15) is 5.82 Å². The molecule has 0 radical (unpaired) electrons. The zero-order valence-corrected chi connectivity index (χ0v) is 17.0. The lowest BCUT2D eigenvalue weighted by atomic mass is 10.1. The maximum Gasteiger partial charge on any atom is 0.244 e. The minimum atomic E-state index is -0.0982. The zero-order chi connectivity index (χ0) is 20.9. The minimum Gasteiger partial charge on any atom is -0.353 e. The van der Waals surface area contributed by atoms with Crippen molar-refractivity contribution in [2.75, 3.05) is 0 Å². The highest BCUT2D eigenvalue weighted by atomic mass is 16.2. The summed E-state index contributed by atoms with van der Waals surface area (Å²) in [5.41, 5.74) is 3.81. The molecule has 4 rings (SSSR count). The number of carbonyl (C=O) groups excluding carboxylic acids is 2. The predicted octanol–water partition coefficient (Wildman–Crippen LogP) is 3.28. The summed E-state index contributed by atoms with van der Waals surface area (Å²) in [6, 6.07) is 15.8. The van der Waals surface area contributed by atoms with E-state index in [1.54, 1.807) is 6.08 Å². The molecule has 2 aromatic carbocycles. The number of fused-ring (bicyclic) bond motifs is 1. The Morgan fingerprint density at radius 1 is 1.10 bits per heavy atom. The third kappa shape index (κ3) is 5.14. The second-order valence-corrected chi connectivity index (χ2v) is 7.88. The van der Waals surface area contributed by atoms with Crippen LogP contribution in [0.1, 0.15) is 36.2 Å². The Hall–Kier alpha value is -3.41. The zero-order valence-electron chi connectivity index (χ0n) is 17.0. The van der Waals surface area contributed by atoms with Crippen LogP contribution in [0, 0.1) is 6.92 Å². The van der Waals surface area contributed by atoms with Gasteiger partial charge in [0.2, 0.25) is 11.8 Å². The second kappa shape index (κ2) is 8.95. The molecule has 0 saturated heterocycles. The lowest BCUT2D eigenvalue weighted by Crippen LogP contribution is -2.37. The average Bonchev–Trinajstić information content (AvgIpc) is 3.31. The van der Waals surface area contributed by atoms with Crippen LogP contribution >= 0.6 is 0 Å². The number of benzene rings is 2. The van der Waals surface area contributed by atoms with Gasteiger partial charge >= 0.3 is 0 Å². The molecule has 154 valence electrons. The fraction of sp³-hybridized carbons (Fsp3) is 0.292. The van der Waals surface area contributed by atoms with Crippen molar-refractivity contribution in [1.82, 2.24) is 20.6 Å². The summed E-state index contributed by atoms with van der Waals surface area (Å²) >= 11 is 0. The van der Waals surface area contributed by atoms with Gasteiger partial charge in [-0.05, 0) is 55.5 Å². The molecule has 0 unspecified atom stereocenters. The molecular formula is C24H26N4O2. The number of nitrogens with one attached hydrogen (secondary N) is 3. The minimum absolute atomic E-state index is 0.00605. The topological polar surface area (TPSA) is 86.9 Å². The number of aryl methyl sites for hydroxylation is 1. The van der Waals surface area contributed by atoms with Gasteiger partial charge in [0.05, 0.1) is 17.5 Å². The fourth-order valence-corrected chi connectivity index (χ4v) is 3.99. The van der Waals surface area contributed by atoms with Crippen LogP contribution in [-0.4, -0.2) is 33.9 Å². The number of carbonyl (C=O) groups is 2. The molecule has 3 N–H and O–H groups in total. The summed E-state index contributed by atoms with van der Waals surface area (Å²) in [6.45, 7) is 1.92. The van der Waals surface area contributed by atoms with E-state index in [4.69, 9.17) is 0 Å². The lowest BCUT2D eigenvalue weighted by molar-refractivity contribution is -0.121. The quantitative estimate of drug-likeness (QED) is 0.553. The van der Waals surface area contributed by atoms with Crippen LogP contribution < -0.4 is 10.6 Å². The molecule has 1 saturated carbocycles. The normalized spacial score (nSPS) is 18.7. The molecule has 1 heterocycles. The van der Waals surface area contributed by atoms with E-state index in [-0.39, 0.29) is 23.9 Å². The van der Waals surface area contributed by atoms with E-state index in [1.165, 1.54) is 0 Å². The largest absolute Gasteiger partial charge is 0.353 e. The summed E-state index contributed by atoms with van der Waals surface area (Å²) in [6.07, 6.45) is 6.21. The van der Waals surface area contributed by atoms with Crippen molar-refractivity contribution in [2.45, 2.75) is 44.7 Å². The molecule has 0 spiro atoms. The maximum atomic E-state index is 12.5. The Balaban J connectivity index is 1.24. The first kappa shape index (κ1) is 19.9. The van der Waals surface area contributed by atoms with Crippen molar-refractivity contribution in [3.63, 3.8) is 0 Å². The standard InChI is InChI=1S/C24H26N4O2/c1-16-25-21-11-7-18(13-22(21)26-16)14-24(30)28-20-10-9-19(15-20)27-23(29)12-8-17-5-3-2-4-6-17/h2-8,11-13,19-20H,9-10,14-15H2,1H3,(H,25,26)(H,27,29)(H,28,30)/b12-8+/t19-,20+/m1/s1. The predicted molar refractivity (Wildman–Crippen MR) is 118 cm³/mol. The first-order valence-corrected chi connectivity index (χ1v) is 10.3. The van der Waals surface area contributed by atoms with Gasteiger partial charge in [0.25, 0.3) is 0 Å². The summed E-state index contributed by atoms with van der Waals surface area (Å²) < 4.78 is 0. The third-order valence-electron chi connectivity index (χ3n) is 5.40. The van der Waals surface area contributed by atoms with E-state index >= 15 is 0 Å². The van der Waals surface area contributed by atoms with Gasteiger partial charge in [-0.25, -0.2) is 4.98 Å². The van der Waals surface area contributed by atoms with E-state index < -0.39 is 0 Å². The molecular weight excluding hydrogens is 376 g/mol. The fourth-order valence-electron chi connectivity index (χ4n) is 3.99. The average molecular weight is 402 g/mol. The number of nitrogens with zero attached hydrogens (tertiary/aromatic N) is 1. The summed E-state index contributed by atoms with van der Waals surface area (Å²) in [5.74, 6) is 0.773. The van der Waals surface area contributed by atoms with E-state index in [0.29, 0.717) is 6.42 Å². The monoisotopic (exact) mass is 402 g/mol. The number of H-pyrrole nitrogens is 1. The maximum absolute atomic E-state index is 12.5. The summed E-state index contributed by atoms with van der Waals surface area (Å²) in [4.78, 5) is 32.2. The van der Waals surface area contributed by atoms with Crippen LogP contribution in [0.4, 0.5) is 0 Å². The van der Waals surface area contributed by atoms with Crippen LogP contribution in [0.15, 0.2) is 54.6 Å². The molecule has 0 bridgehead atoms. The molecule has 1 fully saturated rings. The van der Waals surface area contributed by atoms with E-state index in [9.17, 15) is 9.59 Å². The number of aromatic nitrogens is 2. The molecule has 1 aliphatic carbocycles. The second-order valence-electron chi connectivity index (χ2n) is 7.88. The number of hydrogen-bond donors (Lipinski definition) is 3. The molecule has 3 aromatic rings.